The van der Waals surface area contributed by atoms with Gasteiger partial charge < -0.3 is 15.0 Å². The summed E-state index contributed by atoms with van der Waals surface area (Å²) >= 11 is 6.51. The number of methoxy groups -OCH3 is 1. The molecular formula is C25H24ClN9O10S3. The van der Waals surface area contributed by atoms with E-state index in [1.165, 1.54) is 25.3 Å². The molecule has 3 aromatic carbocycles. The van der Waals surface area contributed by atoms with Gasteiger partial charge in [-0.15, -0.1) is 14.6 Å². The van der Waals surface area contributed by atoms with E-state index in [9.17, 15) is 21.4 Å². The fraction of sp³-hybridized carbons (Fsp3) is 0.160. The second kappa shape index (κ2) is 15.7. The maximum atomic E-state index is 11.8. The number of aryl methyl sites for hydroxylation is 1. The highest BCUT2D eigenvalue weighted by molar-refractivity contribution is 7.94. The molecule has 0 radical (unpaired) electrons. The number of nitrogens with one attached hydrogen (secondary N) is 1. The van der Waals surface area contributed by atoms with Crippen LogP contribution in [0.5, 0.6) is 5.75 Å². The summed E-state index contributed by atoms with van der Waals surface area (Å²) in [7, 11) is -5.93. The molecule has 19 nitrogen and oxygen atoms in total. The minimum absolute atomic E-state index is 0.0887. The lowest BCUT2D eigenvalue weighted by atomic mass is 10.1. The van der Waals surface area contributed by atoms with Crippen molar-refractivity contribution in [2.24, 2.45) is 20.5 Å². The first-order valence-corrected chi connectivity index (χ1v) is 17.1. The summed E-state index contributed by atoms with van der Waals surface area (Å²) in [5, 5.41) is 30.7. The summed E-state index contributed by atoms with van der Waals surface area (Å²) in [4.78, 5) is 13.3. The van der Waals surface area contributed by atoms with Gasteiger partial charge in [-0.05, 0) is 72.6 Å². The Morgan fingerprint density at radius 2 is 1.60 bits per heavy atom. The second-order valence-electron chi connectivity index (χ2n) is 9.25. The number of hydrogen-bond acceptors (Lipinski definition) is 18. The first-order chi connectivity index (χ1) is 22.7. The third-order valence-corrected chi connectivity index (χ3v) is 8.11. The standard InChI is InChI=1S/C25H24ClN9O10S3/c1-14-10-19(21(43-3)12-18(14)32-34-20-11-17(46-45-44-36)8-9-22(20)48(40,41)42)33-31-15-4-6-16(7-5-15)35(2)25-29-23(26)28-24(30-25)27-13-47(37,38)39/h4-12,36H,13H2,1-3H3,(H,37,38,39)(H,40,41,42)(H,27,28,29,30). The first-order valence-electron chi connectivity index (χ1n) is 12.9. The molecule has 1 heterocycles. The summed E-state index contributed by atoms with van der Waals surface area (Å²) in [6.45, 7) is 1.71. The highest BCUT2D eigenvalue weighted by Crippen LogP contribution is 2.38. The highest BCUT2D eigenvalue weighted by atomic mass is 35.5. The van der Waals surface area contributed by atoms with Crippen molar-refractivity contribution in [3.63, 3.8) is 0 Å². The van der Waals surface area contributed by atoms with Gasteiger partial charge in [0.15, 0.2) is 0 Å². The van der Waals surface area contributed by atoms with Crippen molar-refractivity contribution in [3.8, 4) is 5.75 Å². The Kier molecular flexibility index (Phi) is 11.9. The summed E-state index contributed by atoms with van der Waals surface area (Å²) < 4.78 is 74.1. The average Bonchev–Trinajstić information content (AvgIpc) is 3.03. The van der Waals surface area contributed by atoms with Crippen LogP contribution < -0.4 is 15.0 Å². The molecule has 0 fully saturated rings. The summed E-state index contributed by atoms with van der Waals surface area (Å²) in [6, 6.07) is 13.5. The van der Waals surface area contributed by atoms with E-state index in [-0.39, 0.29) is 33.5 Å². The van der Waals surface area contributed by atoms with Crippen LogP contribution in [0.2, 0.25) is 5.28 Å². The Labute approximate surface area is 282 Å². The molecule has 0 unspecified atom stereocenters. The van der Waals surface area contributed by atoms with Gasteiger partial charge >= 0.3 is 0 Å². The van der Waals surface area contributed by atoms with Gasteiger partial charge in [0.05, 0.1) is 30.5 Å². The van der Waals surface area contributed by atoms with E-state index in [1.54, 1.807) is 49.2 Å². The van der Waals surface area contributed by atoms with Crippen molar-refractivity contribution in [2.75, 3.05) is 30.3 Å². The van der Waals surface area contributed by atoms with E-state index in [2.05, 4.69) is 50.1 Å². The van der Waals surface area contributed by atoms with Crippen LogP contribution in [0.3, 0.4) is 0 Å². The Balaban J connectivity index is 1.53. The minimum atomic E-state index is -4.65. The molecule has 0 aliphatic carbocycles. The third kappa shape index (κ3) is 10.1. The minimum Gasteiger partial charge on any atom is -0.494 e. The summed E-state index contributed by atoms with van der Waals surface area (Å²) in [5.41, 5.74) is 2.07. The van der Waals surface area contributed by atoms with Crippen LogP contribution in [-0.2, 0) is 29.6 Å². The van der Waals surface area contributed by atoms with Crippen molar-refractivity contribution < 1.29 is 45.3 Å². The van der Waals surface area contributed by atoms with E-state index in [0.717, 1.165) is 6.07 Å². The molecular weight excluding hydrogens is 718 g/mol. The maximum Gasteiger partial charge on any atom is 0.296 e. The number of aromatic nitrogens is 3. The molecule has 0 saturated carbocycles. The quantitative estimate of drug-likeness (QED) is 0.0359. The predicted octanol–water partition coefficient (Wildman–Crippen LogP) is 6.37. The molecule has 0 bridgehead atoms. The van der Waals surface area contributed by atoms with Gasteiger partial charge in [-0.2, -0.15) is 42.0 Å². The van der Waals surface area contributed by atoms with Crippen LogP contribution in [0.15, 0.2) is 84.8 Å². The molecule has 4 aromatic rings. The zero-order valence-corrected chi connectivity index (χ0v) is 28.0. The molecule has 0 aliphatic heterocycles. The smallest absolute Gasteiger partial charge is 0.296 e. The van der Waals surface area contributed by atoms with E-state index in [0.29, 0.717) is 40.4 Å². The van der Waals surface area contributed by atoms with Gasteiger partial charge in [0.2, 0.25) is 17.2 Å². The monoisotopic (exact) mass is 741 g/mol. The van der Waals surface area contributed by atoms with E-state index >= 15 is 0 Å². The average molecular weight is 742 g/mol. The molecule has 0 aliphatic rings. The SMILES string of the molecule is COc1cc(N=Nc2cc(SOOO)ccc2S(=O)(=O)O)c(C)cc1N=Nc1ccc(N(C)c2nc(Cl)nc(NCS(=O)(=O)O)n2)cc1. The third-order valence-electron chi connectivity index (χ3n) is 5.95. The fourth-order valence-electron chi connectivity index (χ4n) is 3.71. The van der Waals surface area contributed by atoms with Crippen molar-refractivity contribution in [1.29, 1.82) is 0 Å². The number of nitrogens with zero attached hydrogens (tertiary/aromatic N) is 8. The lowest BCUT2D eigenvalue weighted by molar-refractivity contribution is -0.432. The van der Waals surface area contributed by atoms with Crippen LogP contribution in [0, 0.1) is 6.92 Å². The molecule has 48 heavy (non-hydrogen) atoms. The number of azo groups is 2. The van der Waals surface area contributed by atoms with Gasteiger partial charge in [0.25, 0.3) is 20.2 Å². The Morgan fingerprint density at radius 3 is 2.25 bits per heavy atom. The molecule has 4 rings (SSSR count). The van der Waals surface area contributed by atoms with Gasteiger partial charge in [0, 0.05) is 23.7 Å². The van der Waals surface area contributed by atoms with Gasteiger partial charge in [-0.3, -0.25) is 9.11 Å². The summed E-state index contributed by atoms with van der Waals surface area (Å²) in [5.74, 6) is -0.621. The Morgan fingerprint density at radius 1 is 0.917 bits per heavy atom. The molecule has 23 heteroatoms. The van der Waals surface area contributed by atoms with Gasteiger partial charge in [-0.1, -0.05) is 5.04 Å². The zero-order valence-electron chi connectivity index (χ0n) is 24.8. The number of rotatable bonds is 14. The Hall–Kier alpha value is -4.39. The molecule has 254 valence electrons. The Bertz CT molecular complexity index is 2070. The molecule has 0 atom stereocenters. The second-order valence-corrected chi connectivity index (χ2v) is 13.2. The van der Waals surface area contributed by atoms with E-state index in [1.807, 2.05) is 0 Å². The van der Waals surface area contributed by atoms with Crippen LogP contribution in [0.25, 0.3) is 0 Å². The first kappa shape index (κ1) is 36.4. The zero-order chi connectivity index (χ0) is 35.1. The van der Waals surface area contributed by atoms with E-state index in [4.69, 9.17) is 26.1 Å². The van der Waals surface area contributed by atoms with Crippen LogP contribution in [-0.4, -0.2) is 66.2 Å². The molecule has 0 amide bonds. The molecule has 4 N–H and O–H groups in total. The van der Waals surface area contributed by atoms with Crippen molar-refractivity contribution in [2.45, 2.75) is 16.7 Å². The number of anilines is 3. The van der Waals surface area contributed by atoms with E-state index < -0.39 is 31.0 Å². The number of halogens is 1. The number of hydrogen-bond donors (Lipinski definition) is 4. The van der Waals surface area contributed by atoms with Crippen LogP contribution in [0.4, 0.5) is 40.3 Å². The normalized spacial score (nSPS) is 12.1. The molecule has 1 aromatic heterocycles. The van der Waals surface area contributed by atoms with Gasteiger partial charge in [-0.25, -0.2) is 5.26 Å². The predicted molar refractivity (Wildman–Crippen MR) is 172 cm³/mol. The van der Waals surface area contributed by atoms with Crippen molar-refractivity contribution in [1.82, 2.24) is 15.0 Å². The molecule has 0 saturated heterocycles. The highest BCUT2D eigenvalue weighted by Gasteiger charge is 2.18. The number of benzene rings is 3. The van der Waals surface area contributed by atoms with Gasteiger partial charge in [0.1, 0.15) is 27.9 Å². The van der Waals surface area contributed by atoms with Crippen LogP contribution in [0.1, 0.15) is 5.56 Å². The topological polar surface area (TPSA) is 260 Å². The van der Waals surface area contributed by atoms with Crippen molar-refractivity contribution in [3.05, 3.63) is 65.4 Å². The lowest BCUT2D eigenvalue weighted by Gasteiger charge is -2.17. The van der Waals surface area contributed by atoms with Crippen LogP contribution >= 0.6 is 23.6 Å². The maximum absolute atomic E-state index is 11.8. The summed E-state index contributed by atoms with van der Waals surface area (Å²) in [6.07, 6.45) is 0. The fourth-order valence-corrected chi connectivity index (χ4v) is 5.18. The van der Waals surface area contributed by atoms with Crippen molar-refractivity contribution >= 4 is 84.2 Å². The largest absolute Gasteiger partial charge is 0.494 e. The lowest BCUT2D eigenvalue weighted by Crippen LogP contribution is -2.18. The number of ether oxygens (including phenoxy) is 1. The molecule has 0 spiro atoms.